The number of hydrogen-bond acceptors (Lipinski definition) is 6. The Labute approximate surface area is 217 Å². The van der Waals surface area contributed by atoms with E-state index >= 15 is 0 Å². The fourth-order valence-corrected chi connectivity index (χ4v) is 7.04. The topological polar surface area (TPSA) is 104 Å². The Morgan fingerprint density at radius 2 is 1.68 bits per heavy atom. The average Bonchev–Trinajstić information content (AvgIpc) is 3.33. The van der Waals surface area contributed by atoms with Crippen molar-refractivity contribution in [3.05, 3.63) is 40.5 Å². The number of pyridine rings is 1. The van der Waals surface area contributed by atoms with Gasteiger partial charge in [0, 0.05) is 75.5 Å². The molecule has 2 aromatic heterocycles. The van der Waals surface area contributed by atoms with Gasteiger partial charge in [-0.25, -0.2) is 0 Å². The molecule has 196 valence electrons. The van der Waals surface area contributed by atoms with Gasteiger partial charge in [0.15, 0.2) is 0 Å². The van der Waals surface area contributed by atoms with Gasteiger partial charge in [-0.3, -0.25) is 14.6 Å². The second-order valence-electron chi connectivity index (χ2n) is 11.9. The number of amides is 2. The number of H-pyrrole nitrogens is 1. The molecule has 1 N–H and O–H groups in total. The van der Waals surface area contributed by atoms with Gasteiger partial charge in [-0.15, -0.1) is 0 Å². The Hall–Kier alpha value is -2.81. The third-order valence-corrected chi connectivity index (χ3v) is 9.40. The third-order valence-electron chi connectivity index (χ3n) is 9.40. The van der Waals surface area contributed by atoms with Crippen molar-refractivity contribution in [3.63, 3.8) is 0 Å². The first-order valence-corrected chi connectivity index (χ1v) is 14.2. The Morgan fingerprint density at radius 1 is 0.946 bits per heavy atom. The number of aromatic amines is 1. The number of nitrogens with zero attached hydrogens (tertiary/aromatic N) is 5. The number of fused-ring (bicyclic) bond motifs is 2. The summed E-state index contributed by atoms with van der Waals surface area (Å²) in [6.07, 6.45) is 9.77. The lowest BCUT2D eigenvalue weighted by molar-refractivity contribution is -0.135. The minimum atomic E-state index is 0.000677. The van der Waals surface area contributed by atoms with Crippen molar-refractivity contribution in [1.82, 2.24) is 30.2 Å². The van der Waals surface area contributed by atoms with Crippen LogP contribution in [0.5, 0.6) is 0 Å². The highest BCUT2D eigenvalue weighted by molar-refractivity contribution is 5.94. The zero-order valence-corrected chi connectivity index (χ0v) is 21.4. The molecule has 0 spiro atoms. The van der Waals surface area contributed by atoms with Crippen LogP contribution in [0.1, 0.15) is 71.0 Å². The molecule has 2 aliphatic carbocycles. The van der Waals surface area contributed by atoms with Crippen LogP contribution >= 0.6 is 0 Å². The van der Waals surface area contributed by atoms with Crippen LogP contribution in [0, 0.1) is 23.7 Å². The molecule has 0 aromatic carbocycles. The van der Waals surface area contributed by atoms with Crippen LogP contribution in [0.25, 0.3) is 0 Å². The number of carbonyl (C=O) groups excluding carboxylic acids is 2. The Morgan fingerprint density at radius 3 is 2.43 bits per heavy atom. The van der Waals surface area contributed by atoms with E-state index in [4.69, 9.17) is 9.72 Å². The van der Waals surface area contributed by atoms with Crippen LogP contribution in [0.3, 0.4) is 0 Å². The molecule has 0 unspecified atom stereocenters. The van der Waals surface area contributed by atoms with E-state index in [0.29, 0.717) is 30.1 Å². The van der Waals surface area contributed by atoms with Crippen molar-refractivity contribution in [2.24, 2.45) is 23.7 Å². The number of hydrogen-bond donors (Lipinski definition) is 1. The summed E-state index contributed by atoms with van der Waals surface area (Å²) in [5.41, 5.74) is 5.18. The SMILES string of the molecule is O=C(c1cnc(CC2CCOCC2)c(C2CC2)c1)N1C[C@@H]2CN(C(=O)[C@@H]3CCc4n[nH]nc4C3)C[C@H]2C1. The maximum atomic E-state index is 13.5. The molecule has 5 heterocycles. The number of aromatic nitrogens is 4. The summed E-state index contributed by atoms with van der Waals surface area (Å²) in [5, 5.41) is 11.1. The number of nitrogens with one attached hydrogen (secondary N) is 1. The molecule has 9 nitrogen and oxygen atoms in total. The quantitative estimate of drug-likeness (QED) is 0.671. The van der Waals surface area contributed by atoms with E-state index in [2.05, 4.69) is 21.5 Å². The van der Waals surface area contributed by atoms with Crippen LogP contribution < -0.4 is 0 Å². The van der Waals surface area contributed by atoms with Crippen molar-refractivity contribution in [2.75, 3.05) is 39.4 Å². The van der Waals surface area contributed by atoms with Gasteiger partial charge in [-0.2, -0.15) is 15.4 Å². The molecular formula is C28H36N6O3. The van der Waals surface area contributed by atoms with Gasteiger partial charge in [-0.1, -0.05) is 0 Å². The van der Waals surface area contributed by atoms with E-state index in [1.807, 2.05) is 16.0 Å². The smallest absolute Gasteiger partial charge is 0.255 e. The maximum Gasteiger partial charge on any atom is 0.255 e. The van der Waals surface area contributed by atoms with Gasteiger partial charge in [0.25, 0.3) is 5.91 Å². The second kappa shape index (κ2) is 9.49. The summed E-state index contributed by atoms with van der Waals surface area (Å²) < 4.78 is 5.53. The summed E-state index contributed by atoms with van der Waals surface area (Å²) in [4.78, 5) is 35.7. The molecule has 37 heavy (non-hydrogen) atoms. The molecule has 7 rings (SSSR count). The number of ether oxygens (including phenoxy) is 1. The van der Waals surface area contributed by atoms with Gasteiger partial charge < -0.3 is 14.5 Å². The van der Waals surface area contributed by atoms with Crippen molar-refractivity contribution >= 4 is 11.8 Å². The largest absolute Gasteiger partial charge is 0.381 e. The minimum Gasteiger partial charge on any atom is -0.381 e. The monoisotopic (exact) mass is 504 g/mol. The van der Waals surface area contributed by atoms with E-state index in [9.17, 15) is 9.59 Å². The van der Waals surface area contributed by atoms with E-state index in [1.165, 1.54) is 24.1 Å². The lowest BCUT2D eigenvalue weighted by atomic mass is 9.89. The van der Waals surface area contributed by atoms with Crippen molar-refractivity contribution in [1.29, 1.82) is 0 Å². The van der Waals surface area contributed by atoms with Gasteiger partial charge in [-0.05, 0) is 68.4 Å². The molecule has 4 fully saturated rings. The van der Waals surface area contributed by atoms with Crippen LogP contribution in [-0.2, 0) is 28.8 Å². The van der Waals surface area contributed by atoms with E-state index in [-0.39, 0.29) is 17.7 Å². The molecule has 9 heteroatoms. The Balaban J connectivity index is 0.981. The normalized spacial score (nSPS) is 27.8. The van der Waals surface area contributed by atoms with Crippen molar-refractivity contribution < 1.29 is 14.3 Å². The summed E-state index contributed by atoms with van der Waals surface area (Å²) in [6, 6.07) is 2.15. The van der Waals surface area contributed by atoms with Crippen LogP contribution in [0.4, 0.5) is 0 Å². The zero-order chi connectivity index (χ0) is 24.9. The van der Waals surface area contributed by atoms with Gasteiger partial charge in [0.05, 0.1) is 17.0 Å². The predicted octanol–water partition coefficient (Wildman–Crippen LogP) is 2.38. The lowest BCUT2D eigenvalue weighted by Crippen LogP contribution is -2.40. The predicted molar refractivity (Wildman–Crippen MR) is 135 cm³/mol. The number of likely N-dealkylation sites (tertiary alicyclic amines) is 2. The molecule has 3 aliphatic heterocycles. The minimum absolute atomic E-state index is 0.000677. The highest BCUT2D eigenvalue weighted by Gasteiger charge is 2.45. The van der Waals surface area contributed by atoms with Gasteiger partial charge >= 0.3 is 0 Å². The molecule has 2 amide bonds. The molecule has 2 aromatic rings. The maximum absolute atomic E-state index is 13.5. The van der Waals surface area contributed by atoms with E-state index in [0.717, 1.165) is 88.4 Å². The summed E-state index contributed by atoms with van der Waals surface area (Å²) in [6.45, 7) is 4.67. The summed E-state index contributed by atoms with van der Waals surface area (Å²) >= 11 is 0. The molecular weight excluding hydrogens is 468 g/mol. The molecule has 3 atom stereocenters. The fourth-order valence-electron chi connectivity index (χ4n) is 7.04. The van der Waals surface area contributed by atoms with Crippen LogP contribution in [0.15, 0.2) is 12.3 Å². The number of aryl methyl sites for hydroxylation is 1. The standard InChI is InChI=1S/C28H36N6O3/c35-27(19-3-4-24-26(11-19)31-32-30-24)33-13-21-15-34(16-22(21)14-33)28(36)20-10-23(18-1-2-18)25(29-12-20)9-17-5-7-37-8-6-17/h10,12,17-19,21-22H,1-9,11,13-16H2,(H,30,31,32)/t19-,21+,22+/m1/s1. The number of rotatable bonds is 5. The Bertz CT molecular complexity index is 1170. The fraction of sp³-hybridized carbons (Fsp3) is 0.679. The van der Waals surface area contributed by atoms with Crippen molar-refractivity contribution in [2.45, 2.75) is 57.3 Å². The Kier molecular flexibility index (Phi) is 5.98. The average molecular weight is 505 g/mol. The molecule has 5 aliphatic rings. The third kappa shape index (κ3) is 4.56. The molecule has 0 bridgehead atoms. The summed E-state index contributed by atoms with van der Waals surface area (Å²) in [5.74, 6) is 2.28. The first kappa shape index (κ1) is 23.3. The van der Waals surface area contributed by atoms with Gasteiger partial charge in [0.1, 0.15) is 0 Å². The van der Waals surface area contributed by atoms with E-state index < -0.39 is 0 Å². The van der Waals surface area contributed by atoms with Crippen LogP contribution in [-0.4, -0.2) is 81.4 Å². The first-order valence-electron chi connectivity index (χ1n) is 14.2. The highest BCUT2D eigenvalue weighted by Crippen LogP contribution is 2.43. The lowest BCUT2D eigenvalue weighted by Gasteiger charge is -2.27. The molecule has 3 saturated heterocycles. The highest BCUT2D eigenvalue weighted by atomic mass is 16.5. The van der Waals surface area contributed by atoms with E-state index in [1.54, 1.807) is 0 Å². The summed E-state index contributed by atoms with van der Waals surface area (Å²) in [7, 11) is 0. The van der Waals surface area contributed by atoms with Gasteiger partial charge in [0.2, 0.25) is 5.91 Å². The van der Waals surface area contributed by atoms with Crippen LogP contribution in [0.2, 0.25) is 0 Å². The van der Waals surface area contributed by atoms with Crippen molar-refractivity contribution in [3.8, 4) is 0 Å². The first-order chi connectivity index (χ1) is 18.1. The number of carbonyl (C=O) groups is 2. The molecule has 1 saturated carbocycles. The zero-order valence-electron chi connectivity index (χ0n) is 21.4. The molecule has 0 radical (unpaired) electrons. The second-order valence-corrected chi connectivity index (χ2v) is 11.9.